The average molecular weight is 285 g/mol. The van der Waals surface area contributed by atoms with Gasteiger partial charge in [0.2, 0.25) is 0 Å². The fraction of sp³-hybridized carbons (Fsp3) is 0.769. The molecule has 2 heterocycles. The Kier molecular flexibility index (Phi) is 5.57. The van der Waals surface area contributed by atoms with Gasteiger partial charge in [-0.25, -0.2) is 4.98 Å². The van der Waals surface area contributed by atoms with Gasteiger partial charge in [0, 0.05) is 45.3 Å². The number of methoxy groups -OCH3 is 2. The Labute approximate surface area is 118 Å². The molecule has 1 aliphatic rings. The highest BCUT2D eigenvalue weighted by molar-refractivity contribution is 7.15. The minimum Gasteiger partial charge on any atom is -0.384 e. The largest absolute Gasteiger partial charge is 0.384 e. The quantitative estimate of drug-likeness (QED) is 0.860. The van der Waals surface area contributed by atoms with Crippen LogP contribution in [0.15, 0.2) is 0 Å². The molecule has 1 fully saturated rings. The molecule has 0 atom stereocenters. The molecule has 2 rings (SSSR count). The number of anilines is 1. The van der Waals surface area contributed by atoms with Gasteiger partial charge in [-0.3, -0.25) is 0 Å². The first-order chi connectivity index (χ1) is 9.28. The van der Waals surface area contributed by atoms with Gasteiger partial charge < -0.3 is 20.1 Å². The van der Waals surface area contributed by atoms with Crippen molar-refractivity contribution in [1.82, 2.24) is 4.98 Å². The lowest BCUT2D eigenvalue weighted by atomic mass is 9.98. The molecule has 0 amide bonds. The Morgan fingerprint density at radius 3 is 2.63 bits per heavy atom. The van der Waals surface area contributed by atoms with Gasteiger partial charge in [-0.15, -0.1) is 11.3 Å². The zero-order chi connectivity index (χ0) is 13.7. The van der Waals surface area contributed by atoms with Crippen LogP contribution in [0.2, 0.25) is 0 Å². The van der Waals surface area contributed by atoms with Crippen LogP contribution in [-0.4, -0.2) is 38.9 Å². The molecule has 6 heteroatoms. The van der Waals surface area contributed by atoms with Crippen LogP contribution in [0.25, 0.3) is 0 Å². The van der Waals surface area contributed by atoms with Gasteiger partial charge in [-0.05, 0) is 18.8 Å². The van der Waals surface area contributed by atoms with Gasteiger partial charge in [-0.1, -0.05) is 0 Å². The second-order valence-electron chi connectivity index (χ2n) is 4.89. The lowest BCUT2D eigenvalue weighted by Gasteiger charge is -2.31. The summed E-state index contributed by atoms with van der Waals surface area (Å²) in [6, 6.07) is 0. The highest BCUT2D eigenvalue weighted by atomic mass is 32.1. The molecule has 1 aromatic heterocycles. The van der Waals surface area contributed by atoms with E-state index in [9.17, 15) is 0 Å². The first-order valence-corrected chi connectivity index (χ1v) is 7.51. The lowest BCUT2D eigenvalue weighted by molar-refractivity contribution is 0.139. The van der Waals surface area contributed by atoms with E-state index in [0.29, 0.717) is 19.1 Å². The highest BCUT2D eigenvalue weighted by Crippen LogP contribution is 2.30. The van der Waals surface area contributed by atoms with Gasteiger partial charge in [-0.2, -0.15) is 0 Å². The van der Waals surface area contributed by atoms with Crippen molar-refractivity contribution in [3.8, 4) is 0 Å². The minimum absolute atomic E-state index is 0.538. The molecular formula is C13H23N3O2S. The predicted octanol–water partition coefficient (Wildman–Crippen LogP) is 1.61. The molecule has 5 nitrogen and oxygen atoms in total. The van der Waals surface area contributed by atoms with Crippen molar-refractivity contribution in [2.75, 3.05) is 38.8 Å². The van der Waals surface area contributed by atoms with Crippen molar-refractivity contribution in [2.45, 2.75) is 26.0 Å². The monoisotopic (exact) mass is 285 g/mol. The normalized spacial score (nSPS) is 17.1. The summed E-state index contributed by atoms with van der Waals surface area (Å²) in [5.41, 5.74) is 6.76. The zero-order valence-corrected chi connectivity index (χ0v) is 12.5. The van der Waals surface area contributed by atoms with Crippen molar-refractivity contribution < 1.29 is 9.47 Å². The van der Waals surface area contributed by atoms with E-state index in [2.05, 4.69) is 9.88 Å². The summed E-state index contributed by atoms with van der Waals surface area (Å²) in [5, 5.41) is 1.09. The number of hydrogen-bond acceptors (Lipinski definition) is 6. The van der Waals surface area contributed by atoms with Crippen LogP contribution in [0.1, 0.15) is 23.4 Å². The Bertz CT molecular complexity index is 389. The number of rotatable bonds is 6. The molecule has 0 bridgehead atoms. The molecule has 0 aromatic carbocycles. The van der Waals surface area contributed by atoms with Gasteiger partial charge in [0.15, 0.2) is 5.13 Å². The fourth-order valence-corrected chi connectivity index (χ4v) is 3.43. The smallest absolute Gasteiger partial charge is 0.185 e. The third-order valence-electron chi connectivity index (χ3n) is 3.52. The summed E-state index contributed by atoms with van der Waals surface area (Å²) in [6.45, 7) is 4.06. The predicted molar refractivity (Wildman–Crippen MR) is 77.5 cm³/mol. The summed E-state index contributed by atoms with van der Waals surface area (Å²) in [5.74, 6) is 0.689. The van der Waals surface area contributed by atoms with Crippen LogP contribution in [0.5, 0.6) is 0 Å². The number of ether oxygens (including phenoxy) is 2. The Balaban J connectivity index is 1.99. The highest BCUT2D eigenvalue weighted by Gasteiger charge is 2.22. The molecule has 19 heavy (non-hydrogen) atoms. The number of aromatic nitrogens is 1. The number of nitrogens with zero attached hydrogens (tertiary/aromatic N) is 2. The molecule has 1 aromatic rings. The molecule has 0 unspecified atom stereocenters. The minimum atomic E-state index is 0.538. The van der Waals surface area contributed by atoms with E-state index in [1.54, 1.807) is 25.6 Å². The Hall–Kier alpha value is -0.690. The van der Waals surface area contributed by atoms with Crippen molar-refractivity contribution in [2.24, 2.45) is 11.7 Å². The van der Waals surface area contributed by atoms with Gasteiger partial charge in [0.25, 0.3) is 0 Å². The second kappa shape index (κ2) is 7.19. The van der Waals surface area contributed by atoms with E-state index in [1.807, 2.05) is 0 Å². The maximum Gasteiger partial charge on any atom is 0.185 e. The van der Waals surface area contributed by atoms with Crippen LogP contribution in [0.4, 0.5) is 5.13 Å². The summed E-state index contributed by atoms with van der Waals surface area (Å²) < 4.78 is 10.4. The van der Waals surface area contributed by atoms with Crippen molar-refractivity contribution >= 4 is 16.5 Å². The van der Waals surface area contributed by atoms with E-state index in [4.69, 9.17) is 15.2 Å². The van der Waals surface area contributed by atoms with Crippen molar-refractivity contribution in [3.05, 3.63) is 10.6 Å². The topological polar surface area (TPSA) is 60.6 Å². The summed E-state index contributed by atoms with van der Waals surface area (Å²) in [7, 11) is 3.47. The van der Waals surface area contributed by atoms with Crippen LogP contribution in [0.3, 0.4) is 0 Å². The van der Waals surface area contributed by atoms with Crippen molar-refractivity contribution in [3.63, 3.8) is 0 Å². The first kappa shape index (κ1) is 14.7. The van der Waals surface area contributed by atoms with Crippen molar-refractivity contribution in [1.29, 1.82) is 0 Å². The molecule has 1 saturated heterocycles. The molecule has 0 radical (unpaired) electrons. The zero-order valence-electron chi connectivity index (χ0n) is 11.7. The summed E-state index contributed by atoms with van der Waals surface area (Å²) in [4.78, 5) is 8.17. The number of thiazole rings is 1. The number of nitrogens with two attached hydrogens (primary N) is 1. The fourth-order valence-electron chi connectivity index (χ4n) is 2.44. The van der Waals surface area contributed by atoms with E-state index in [-0.39, 0.29) is 0 Å². The third kappa shape index (κ3) is 3.66. The van der Waals surface area contributed by atoms with Crippen LogP contribution in [-0.2, 0) is 22.6 Å². The van der Waals surface area contributed by atoms with Gasteiger partial charge in [0.1, 0.15) is 0 Å². The average Bonchev–Trinajstić information content (AvgIpc) is 2.84. The van der Waals surface area contributed by atoms with Gasteiger partial charge in [0.05, 0.1) is 12.3 Å². The number of hydrogen-bond donors (Lipinski definition) is 1. The van der Waals surface area contributed by atoms with E-state index in [0.717, 1.165) is 35.4 Å². The SMILES string of the molecule is COCc1nc(N2CCC(COC)CC2)sc1CN. The van der Waals surface area contributed by atoms with E-state index in [1.165, 1.54) is 12.8 Å². The Morgan fingerprint density at radius 2 is 2.05 bits per heavy atom. The van der Waals surface area contributed by atoms with Crippen LogP contribution >= 0.6 is 11.3 Å². The molecule has 1 aliphatic heterocycles. The van der Waals surface area contributed by atoms with E-state index >= 15 is 0 Å². The maximum atomic E-state index is 5.77. The van der Waals surface area contributed by atoms with Gasteiger partial charge >= 0.3 is 0 Å². The lowest BCUT2D eigenvalue weighted by Crippen LogP contribution is -2.34. The van der Waals surface area contributed by atoms with Crippen LogP contribution < -0.4 is 10.6 Å². The molecule has 0 spiro atoms. The number of piperidine rings is 1. The standard InChI is InChI=1S/C13H23N3O2S/c1-17-8-10-3-5-16(6-4-10)13-15-11(9-18-2)12(7-14)19-13/h10H,3-9,14H2,1-2H3. The third-order valence-corrected chi connectivity index (χ3v) is 4.70. The van der Waals surface area contributed by atoms with E-state index < -0.39 is 0 Å². The molecule has 108 valence electrons. The van der Waals surface area contributed by atoms with Crippen LogP contribution in [0, 0.1) is 5.92 Å². The molecule has 0 saturated carbocycles. The maximum absolute atomic E-state index is 5.77. The molecule has 2 N–H and O–H groups in total. The summed E-state index contributed by atoms with van der Waals surface area (Å²) >= 11 is 1.70. The first-order valence-electron chi connectivity index (χ1n) is 6.70. The Morgan fingerprint density at radius 1 is 1.32 bits per heavy atom. The summed E-state index contributed by atoms with van der Waals surface area (Å²) in [6.07, 6.45) is 2.34. The second-order valence-corrected chi connectivity index (χ2v) is 5.95. The molecular weight excluding hydrogens is 262 g/mol. The molecule has 0 aliphatic carbocycles.